The molecule has 0 N–H and O–H groups in total. The van der Waals surface area contributed by atoms with Crippen molar-refractivity contribution >= 4 is 5.91 Å². The number of aryl methyl sites for hydroxylation is 1. The summed E-state index contributed by atoms with van der Waals surface area (Å²) in [6.07, 6.45) is 6.81. The number of carbonyl (C=O) groups is 1. The van der Waals surface area contributed by atoms with Gasteiger partial charge in [-0.05, 0) is 68.9 Å². The molecule has 0 radical (unpaired) electrons. The molecule has 0 saturated carbocycles. The van der Waals surface area contributed by atoms with Crippen LogP contribution in [0.2, 0.25) is 0 Å². The molecular weight excluding hydrogens is 336 g/mol. The summed E-state index contributed by atoms with van der Waals surface area (Å²) in [4.78, 5) is 12.9. The van der Waals surface area contributed by atoms with Crippen molar-refractivity contribution in [1.29, 1.82) is 0 Å². The lowest BCUT2D eigenvalue weighted by Gasteiger charge is -2.08. The summed E-state index contributed by atoms with van der Waals surface area (Å²) in [7, 11) is 0. The molecule has 4 heteroatoms. The maximum atomic E-state index is 12.9. The fraction of sp³-hybridized carbons (Fsp3) is 0.565. The molecule has 4 nitrogen and oxygen atoms in total. The number of nitrogens with zero attached hydrogens (tertiary/aromatic N) is 2. The van der Waals surface area contributed by atoms with Gasteiger partial charge in [-0.2, -0.15) is 5.10 Å². The van der Waals surface area contributed by atoms with Gasteiger partial charge in [0.25, 0.3) is 5.91 Å². The Labute approximate surface area is 163 Å². The lowest BCUT2D eigenvalue weighted by atomic mass is 10.0. The predicted octanol–water partition coefficient (Wildman–Crippen LogP) is 5.74. The lowest BCUT2D eigenvalue weighted by Crippen LogP contribution is -2.15. The summed E-state index contributed by atoms with van der Waals surface area (Å²) in [5.74, 6) is 1.37. The van der Waals surface area contributed by atoms with Gasteiger partial charge in [0.2, 0.25) is 0 Å². The van der Waals surface area contributed by atoms with Crippen molar-refractivity contribution in [2.45, 2.75) is 73.1 Å². The Hall–Kier alpha value is -2.10. The molecule has 0 saturated heterocycles. The highest BCUT2D eigenvalue weighted by molar-refractivity contribution is 5.96. The zero-order valence-electron chi connectivity index (χ0n) is 17.5. The van der Waals surface area contributed by atoms with Gasteiger partial charge in [0.05, 0.1) is 12.3 Å². The highest BCUT2D eigenvalue weighted by Gasteiger charge is 2.18. The summed E-state index contributed by atoms with van der Waals surface area (Å²) < 4.78 is 7.31. The molecule has 0 amide bonds. The molecule has 2 rings (SSSR count). The van der Waals surface area contributed by atoms with Gasteiger partial charge < -0.3 is 4.74 Å². The SMILES string of the molecule is CCCCCCOc1ccc(C(=O)n2nc(C)c(CCC(C)C)c2C)cc1. The Bertz CT molecular complexity index is 730. The summed E-state index contributed by atoms with van der Waals surface area (Å²) in [5.41, 5.74) is 3.74. The van der Waals surface area contributed by atoms with Crippen LogP contribution in [0.5, 0.6) is 5.75 Å². The van der Waals surface area contributed by atoms with E-state index in [-0.39, 0.29) is 5.91 Å². The Kier molecular flexibility index (Phi) is 8.08. The van der Waals surface area contributed by atoms with Crippen molar-refractivity contribution in [1.82, 2.24) is 9.78 Å². The molecule has 0 unspecified atom stereocenters. The molecule has 0 aliphatic carbocycles. The van der Waals surface area contributed by atoms with Crippen LogP contribution in [-0.2, 0) is 6.42 Å². The predicted molar refractivity (Wildman–Crippen MR) is 111 cm³/mol. The van der Waals surface area contributed by atoms with Crippen molar-refractivity contribution in [2.75, 3.05) is 6.61 Å². The molecule has 1 aromatic heterocycles. The lowest BCUT2D eigenvalue weighted by molar-refractivity contribution is 0.0942. The van der Waals surface area contributed by atoms with Crippen LogP contribution in [0.1, 0.15) is 80.2 Å². The maximum Gasteiger partial charge on any atom is 0.278 e. The first-order chi connectivity index (χ1) is 12.9. The second-order valence-electron chi connectivity index (χ2n) is 7.73. The van der Waals surface area contributed by atoms with Crippen molar-refractivity contribution in [3.63, 3.8) is 0 Å². The van der Waals surface area contributed by atoms with Crippen molar-refractivity contribution < 1.29 is 9.53 Å². The molecule has 0 atom stereocenters. The average molecular weight is 371 g/mol. The number of benzene rings is 1. The van der Waals surface area contributed by atoms with E-state index >= 15 is 0 Å². The van der Waals surface area contributed by atoms with Crippen LogP contribution in [0.4, 0.5) is 0 Å². The standard InChI is InChI=1S/C23H34N2O2/c1-6-7-8-9-16-27-21-13-11-20(12-14-21)23(26)25-19(5)22(18(4)24-25)15-10-17(2)3/h11-14,17H,6-10,15-16H2,1-5H3. The van der Waals surface area contributed by atoms with E-state index in [4.69, 9.17) is 4.74 Å². The van der Waals surface area contributed by atoms with E-state index in [1.54, 1.807) is 4.68 Å². The summed E-state index contributed by atoms with van der Waals surface area (Å²) >= 11 is 0. The normalized spacial score (nSPS) is 11.2. The largest absolute Gasteiger partial charge is 0.494 e. The van der Waals surface area contributed by atoms with Crippen LogP contribution < -0.4 is 4.74 Å². The van der Waals surface area contributed by atoms with E-state index in [0.717, 1.165) is 43.0 Å². The third kappa shape index (κ3) is 5.95. The molecule has 1 aromatic carbocycles. The smallest absolute Gasteiger partial charge is 0.278 e. The van der Waals surface area contributed by atoms with Gasteiger partial charge in [-0.25, -0.2) is 4.68 Å². The summed E-state index contributed by atoms with van der Waals surface area (Å²) in [5, 5.41) is 4.50. The first kappa shape index (κ1) is 21.2. The van der Waals surface area contributed by atoms with Gasteiger partial charge in [0.1, 0.15) is 5.75 Å². The van der Waals surface area contributed by atoms with Crippen LogP contribution in [0, 0.1) is 19.8 Å². The number of aromatic nitrogens is 2. The van der Waals surface area contributed by atoms with Gasteiger partial charge in [0.15, 0.2) is 0 Å². The second kappa shape index (κ2) is 10.3. The van der Waals surface area contributed by atoms with E-state index in [1.807, 2.05) is 38.1 Å². The number of unbranched alkanes of at least 4 members (excludes halogenated alkanes) is 3. The molecule has 0 bridgehead atoms. The molecule has 27 heavy (non-hydrogen) atoms. The van der Waals surface area contributed by atoms with Crippen LogP contribution in [0.25, 0.3) is 0 Å². The fourth-order valence-corrected chi connectivity index (χ4v) is 3.20. The first-order valence-corrected chi connectivity index (χ1v) is 10.3. The number of hydrogen-bond donors (Lipinski definition) is 0. The minimum Gasteiger partial charge on any atom is -0.494 e. The topological polar surface area (TPSA) is 44.1 Å². The Morgan fingerprint density at radius 3 is 2.44 bits per heavy atom. The van der Waals surface area contributed by atoms with Gasteiger partial charge in [-0.1, -0.05) is 40.0 Å². The highest BCUT2D eigenvalue weighted by Crippen LogP contribution is 2.20. The molecule has 2 aromatic rings. The third-order valence-electron chi connectivity index (χ3n) is 4.97. The monoisotopic (exact) mass is 370 g/mol. The number of ether oxygens (including phenoxy) is 1. The molecule has 0 fully saturated rings. The average Bonchev–Trinajstić information content (AvgIpc) is 2.93. The van der Waals surface area contributed by atoms with Crippen LogP contribution in [0.15, 0.2) is 24.3 Å². The Balaban J connectivity index is 2.02. The van der Waals surface area contributed by atoms with Crippen LogP contribution >= 0.6 is 0 Å². The summed E-state index contributed by atoms with van der Waals surface area (Å²) in [6.45, 7) is 11.3. The van der Waals surface area contributed by atoms with Gasteiger partial charge in [-0.3, -0.25) is 4.79 Å². The minimum atomic E-state index is -0.0825. The van der Waals surface area contributed by atoms with Gasteiger partial charge in [-0.15, -0.1) is 0 Å². The molecule has 0 spiro atoms. The molecule has 0 aliphatic heterocycles. The van der Waals surface area contributed by atoms with Crippen molar-refractivity contribution in [3.05, 3.63) is 46.8 Å². The Morgan fingerprint density at radius 2 is 1.81 bits per heavy atom. The van der Waals surface area contributed by atoms with Gasteiger partial charge >= 0.3 is 0 Å². The zero-order chi connectivity index (χ0) is 19.8. The van der Waals surface area contributed by atoms with E-state index in [2.05, 4.69) is 25.9 Å². The minimum absolute atomic E-state index is 0.0825. The molecule has 0 aliphatic rings. The van der Waals surface area contributed by atoms with Gasteiger partial charge in [0, 0.05) is 11.3 Å². The van der Waals surface area contributed by atoms with Crippen molar-refractivity contribution in [2.24, 2.45) is 5.92 Å². The van der Waals surface area contributed by atoms with Crippen molar-refractivity contribution in [3.8, 4) is 5.75 Å². The fourth-order valence-electron chi connectivity index (χ4n) is 3.20. The van der Waals surface area contributed by atoms with Crippen LogP contribution in [0.3, 0.4) is 0 Å². The maximum absolute atomic E-state index is 12.9. The second-order valence-corrected chi connectivity index (χ2v) is 7.73. The van der Waals surface area contributed by atoms with Crippen LogP contribution in [-0.4, -0.2) is 22.3 Å². The van der Waals surface area contributed by atoms with E-state index in [9.17, 15) is 4.79 Å². The zero-order valence-corrected chi connectivity index (χ0v) is 17.5. The highest BCUT2D eigenvalue weighted by atomic mass is 16.5. The third-order valence-corrected chi connectivity index (χ3v) is 4.97. The number of rotatable bonds is 10. The molecule has 148 valence electrons. The first-order valence-electron chi connectivity index (χ1n) is 10.3. The van der Waals surface area contributed by atoms with E-state index in [1.165, 1.54) is 24.8 Å². The molecule has 1 heterocycles. The molecular formula is C23H34N2O2. The van der Waals surface area contributed by atoms with E-state index in [0.29, 0.717) is 11.5 Å². The van der Waals surface area contributed by atoms with E-state index < -0.39 is 0 Å². The quantitative estimate of drug-likeness (QED) is 0.501. The Morgan fingerprint density at radius 1 is 1.11 bits per heavy atom. The number of hydrogen-bond acceptors (Lipinski definition) is 3. The summed E-state index contributed by atoms with van der Waals surface area (Å²) in [6, 6.07) is 7.40. The number of carbonyl (C=O) groups excluding carboxylic acids is 1.